The average Bonchev–Trinajstić information content (AvgIpc) is 3.55. The number of benzene rings is 1. The highest BCUT2D eigenvalue weighted by atomic mass is 32.2. The van der Waals surface area contributed by atoms with Crippen LogP contribution in [0.15, 0.2) is 23.1 Å². The molecule has 0 spiro atoms. The Balaban J connectivity index is 1.79. The number of anilines is 1. The monoisotopic (exact) mass is 423 g/mol. The Morgan fingerprint density at radius 2 is 1.86 bits per heavy atom. The molecule has 160 valence electrons. The maximum absolute atomic E-state index is 12.9. The summed E-state index contributed by atoms with van der Waals surface area (Å²) in [5.74, 6) is -0.514. The molecule has 1 aromatic rings. The van der Waals surface area contributed by atoms with Crippen molar-refractivity contribution in [2.75, 3.05) is 45.2 Å². The van der Waals surface area contributed by atoms with Gasteiger partial charge in [-0.1, -0.05) is 0 Å². The number of esters is 1. The van der Waals surface area contributed by atoms with E-state index in [4.69, 9.17) is 4.74 Å². The Bertz CT molecular complexity index is 859. The van der Waals surface area contributed by atoms with E-state index in [1.807, 2.05) is 0 Å². The number of carbonyl (C=O) groups is 2. The van der Waals surface area contributed by atoms with E-state index in [-0.39, 0.29) is 17.0 Å². The van der Waals surface area contributed by atoms with Crippen LogP contribution in [0.2, 0.25) is 0 Å². The van der Waals surface area contributed by atoms with Crippen molar-refractivity contribution in [3.63, 3.8) is 0 Å². The van der Waals surface area contributed by atoms with Crippen LogP contribution in [0, 0.1) is 5.92 Å². The van der Waals surface area contributed by atoms with Gasteiger partial charge in [0.2, 0.25) is 10.0 Å². The maximum atomic E-state index is 12.9. The third-order valence-electron chi connectivity index (χ3n) is 5.26. The molecule has 1 saturated heterocycles. The fourth-order valence-corrected chi connectivity index (χ4v) is 4.20. The molecule has 0 aromatic heterocycles. The topological polar surface area (TPSA) is 96.0 Å². The van der Waals surface area contributed by atoms with Crippen LogP contribution in [0.5, 0.6) is 0 Å². The second kappa shape index (κ2) is 9.13. The normalized spacial score (nSPS) is 17.3. The van der Waals surface area contributed by atoms with Crippen molar-refractivity contribution >= 4 is 27.6 Å². The minimum atomic E-state index is -3.68. The Morgan fingerprint density at radius 3 is 2.48 bits per heavy atom. The Labute approximate surface area is 172 Å². The first-order valence-corrected chi connectivity index (χ1v) is 11.5. The zero-order chi connectivity index (χ0) is 21.0. The molecule has 0 unspecified atom stereocenters. The van der Waals surface area contributed by atoms with Crippen LogP contribution in [0.4, 0.5) is 5.69 Å². The van der Waals surface area contributed by atoms with Gasteiger partial charge in [0.25, 0.3) is 5.91 Å². The van der Waals surface area contributed by atoms with Gasteiger partial charge in [-0.15, -0.1) is 0 Å². The first-order valence-electron chi connectivity index (χ1n) is 10.0. The molecular formula is C20H29N3O5S. The van der Waals surface area contributed by atoms with E-state index in [0.717, 1.165) is 49.5 Å². The van der Waals surface area contributed by atoms with E-state index in [9.17, 15) is 18.0 Å². The summed E-state index contributed by atoms with van der Waals surface area (Å²) in [7, 11) is -0.784. The number of carbonyl (C=O) groups excluding carboxylic acids is 2. The molecule has 1 saturated carbocycles. The lowest BCUT2D eigenvalue weighted by atomic mass is 10.1. The largest absolute Gasteiger partial charge is 0.464 e. The van der Waals surface area contributed by atoms with Crippen molar-refractivity contribution < 1.29 is 22.7 Å². The fourth-order valence-electron chi connectivity index (χ4n) is 3.27. The van der Waals surface area contributed by atoms with Crippen molar-refractivity contribution in [2.45, 2.75) is 37.0 Å². The molecular weight excluding hydrogens is 394 g/mol. The van der Waals surface area contributed by atoms with Crippen molar-refractivity contribution in [2.24, 2.45) is 5.92 Å². The second-order valence-electron chi connectivity index (χ2n) is 7.82. The Hall–Kier alpha value is -2.13. The number of piperidine rings is 1. The molecule has 1 amide bonds. The maximum Gasteiger partial charge on any atom is 0.325 e. The molecule has 1 aromatic carbocycles. The molecule has 9 heteroatoms. The summed E-state index contributed by atoms with van der Waals surface area (Å²) in [6.07, 6.45) is 5.33. The van der Waals surface area contributed by atoms with Gasteiger partial charge >= 0.3 is 5.97 Å². The lowest BCUT2D eigenvalue weighted by Crippen LogP contribution is -2.35. The lowest BCUT2D eigenvalue weighted by Gasteiger charge is -2.30. The minimum Gasteiger partial charge on any atom is -0.464 e. The highest BCUT2D eigenvalue weighted by Gasteiger charge is 2.25. The highest BCUT2D eigenvalue weighted by Crippen LogP contribution is 2.29. The van der Waals surface area contributed by atoms with Crippen molar-refractivity contribution in [3.8, 4) is 0 Å². The van der Waals surface area contributed by atoms with Crippen LogP contribution in [-0.4, -0.2) is 64.9 Å². The van der Waals surface area contributed by atoms with E-state index in [1.54, 1.807) is 6.07 Å². The molecule has 0 atom stereocenters. The van der Waals surface area contributed by atoms with Gasteiger partial charge in [-0.05, 0) is 56.2 Å². The number of amides is 1. The first-order chi connectivity index (χ1) is 13.8. The van der Waals surface area contributed by atoms with Crippen LogP contribution in [0.3, 0.4) is 0 Å². The van der Waals surface area contributed by atoms with Crippen LogP contribution < -0.4 is 10.2 Å². The number of rotatable bonds is 8. The molecule has 1 aliphatic carbocycles. The molecule has 0 radical (unpaired) electrons. The van der Waals surface area contributed by atoms with Crippen molar-refractivity contribution in [1.82, 2.24) is 9.62 Å². The van der Waals surface area contributed by atoms with E-state index < -0.39 is 21.9 Å². The van der Waals surface area contributed by atoms with Crippen LogP contribution >= 0.6 is 0 Å². The lowest BCUT2D eigenvalue weighted by molar-refractivity contribution is -0.142. The summed E-state index contributed by atoms with van der Waals surface area (Å²) in [4.78, 5) is 26.9. The number of ether oxygens (including phenoxy) is 1. The molecule has 3 rings (SSSR count). The molecule has 1 heterocycles. The van der Waals surface area contributed by atoms with Gasteiger partial charge in [-0.2, -0.15) is 0 Å². The summed E-state index contributed by atoms with van der Waals surface area (Å²) in [5.41, 5.74) is 0.941. The van der Waals surface area contributed by atoms with Crippen molar-refractivity contribution in [3.05, 3.63) is 23.8 Å². The summed E-state index contributed by atoms with van der Waals surface area (Å²) in [5, 5.41) is 2.58. The zero-order valence-electron chi connectivity index (χ0n) is 17.0. The van der Waals surface area contributed by atoms with Gasteiger partial charge in [0.1, 0.15) is 6.54 Å². The number of sulfonamides is 1. The molecule has 8 nitrogen and oxygen atoms in total. The number of hydrogen-bond donors (Lipinski definition) is 1. The third kappa shape index (κ3) is 5.48. The van der Waals surface area contributed by atoms with Gasteiger partial charge < -0.3 is 15.0 Å². The highest BCUT2D eigenvalue weighted by molar-refractivity contribution is 7.89. The van der Waals surface area contributed by atoms with E-state index in [1.165, 1.54) is 26.2 Å². The zero-order valence-corrected chi connectivity index (χ0v) is 17.8. The summed E-state index contributed by atoms with van der Waals surface area (Å²) in [6, 6.07) is 4.60. The predicted octanol–water partition coefficient (Wildman–Crippen LogP) is 1.61. The van der Waals surface area contributed by atoms with E-state index in [0.29, 0.717) is 18.2 Å². The van der Waals surface area contributed by atoms with Gasteiger partial charge in [0.15, 0.2) is 0 Å². The number of hydrogen-bond acceptors (Lipinski definition) is 6. The molecule has 1 N–H and O–H groups in total. The molecule has 2 fully saturated rings. The van der Waals surface area contributed by atoms with E-state index in [2.05, 4.69) is 10.2 Å². The minimum absolute atomic E-state index is 0.0460. The SMILES string of the molecule is CN(C)S(=O)(=O)c1ccc(N2CCCCC2)c(C(=O)NCC(=O)OCC2CC2)c1. The van der Waals surface area contributed by atoms with Gasteiger partial charge in [0.05, 0.1) is 17.1 Å². The molecule has 0 bridgehead atoms. The predicted molar refractivity (Wildman–Crippen MR) is 109 cm³/mol. The summed E-state index contributed by atoms with van der Waals surface area (Å²) in [6.45, 7) is 1.77. The third-order valence-corrected chi connectivity index (χ3v) is 7.07. The van der Waals surface area contributed by atoms with E-state index >= 15 is 0 Å². The van der Waals surface area contributed by atoms with Gasteiger partial charge in [-0.25, -0.2) is 12.7 Å². The molecule has 1 aliphatic heterocycles. The van der Waals surface area contributed by atoms with Crippen LogP contribution in [0.25, 0.3) is 0 Å². The Morgan fingerprint density at radius 1 is 1.17 bits per heavy atom. The smallest absolute Gasteiger partial charge is 0.325 e. The second-order valence-corrected chi connectivity index (χ2v) is 9.97. The summed E-state index contributed by atoms with van der Waals surface area (Å²) >= 11 is 0. The van der Waals surface area contributed by atoms with Gasteiger partial charge in [0, 0.05) is 32.9 Å². The number of nitrogens with zero attached hydrogens (tertiary/aromatic N) is 2. The summed E-state index contributed by atoms with van der Waals surface area (Å²) < 4.78 is 31.3. The number of nitrogens with one attached hydrogen (secondary N) is 1. The molecule has 2 aliphatic rings. The molecule has 29 heavy (non-hydrogen) atoms. The quantitative estimate of drug-likeness (QED) is 0.638. The standard InChI is InChI=1S/C20H29N3O5S/c1-22(2)29(26,27)16-8-9-18(23-10-4-3-5-11-23)17(12-16)20(25)21-13-19(24)28-14-15-6-7-15/h8-9,12,15H,3-7,10-11,13-14H2,1-2H3,(H,21,25). The van der Waals surface area contributed by atoms with Crippen molar-refractivity contribution in [1.29, 1.82) is 0 Å². The average molecular weight is 424 g/mol. The Kier molecular flexibility index (Phi) is 6.79. The first kappa shape index (κ1) is 21.6. The fraction of sp³-hybridized carbons (Fsp3) is 0.600. The van der Waals surface area contributed by atoms with Gasteiger partial charge in [-0.3, -0.25) is 9.59 Å². The van der Waals surface area contributed by atoms with Crippen LogP contribution in [0.1, 0.15) is 42.5 Å². The van der Waals surface area contributed by atoms with Crippen LogP contribution in [-0.2, 0) is 19.6 Å².